The fraction of sp³-hybridized carbons (Fsp3) is 0.250. The van der Waals surface area contributed by atoms with Gasteiger partial charge in [-0.25, -0.2) is 4.68 Å². The predicted octanol–water partition coefficient (Wildman–Crippen LogP) is 3.74. The highest BCUT2D eigenvalue weighted by Crippen LogP contribution is 2.29. The summed E-state index contributed by atoms with van der Waals surface area (Å²) in [6, 6.07) is 19.5. The van der Waals surface area contributed by atoms with Gasteiger partial charge in [0.05, 0.1) is 34.9 Å². The molecule has 10 nitrogen and oxygen atoms in total. The molecule has 0 bridgehead atoms. The van der Waals surface area contributed by atoms with Gasteiger partial charge in [0.15, 0.2) is 11.8 Å². The number of aromatic nitrogens is 3. The molecule has 1 unspecified atom stereocenters. The third-order valence-corrected chi connectivity index (χ3v) is 6.13. The number of anilines is 1. The van der Waals surface area contributed by atoms with Gasteiger partial charge in [-0.2, -0.15) is 0 Å². The number of amides is 1. The van der Waals surface area contributed by atoms with Gasteiger partial charge >= 0.3 is 5.97 Å². The number of ketones is 1. The number of fused-ring (bicyclic) bond motifs is 1. The molecule has 3 aromatic carbocycles. The van der Waals surface area contributed by atoms with E-state index in [1.165, 1.54) is 18.5 Å². The molecule has 0 aliphatic carbocycles. The lowest BCUT2D eigenvalue weighted by atomic mass is 9.83. The Morgan fingerprint density at radius 3 is 2.31 bits per heavy atom. The zero-order chi connectivity index (χ0) is 28.6. The Morgan fingerprint density at radius 2 is 1.67 bits per heavy atom. The van der Waals surface area contributed by atoms with E-state index < -0.39 is 36.4 Å². The summed E-state index contributed by atoms with van der Waals surface area (Å²) in [4.78, 5) is 36.8. The summed E-state index contributed by atoms with van der Waals surface area (Å²) in [5.74, 6) is -1.09. The standard InChI is InChI=1S/C20H21ClN4O4.C8H8O2/c1-12-7-8-13(21)15(9-12)22-19(29)17(18(28)20(2,10-26)11-27)25-16-6-4-3-5-14(16)23-24-25;1-7(9)10-8-5-3-2-4-6-8/h3-9,17,26-27H,10-11H2,1-2H3,(H,22,29);2-6H,1H3. The Labute approximate surface area is 230 Å². The first kappa shape index (κ1) is 29.4. The van der Waals surface area contributed by atoms with Gasteiger partial charge in [-0.1, -0.05) is 53.2 Å². The number of aliphatic hydroxyl groups is 2. The van der Waals surface area contributed by atoms with Crippen molar-refractivity contribution in [2.75, 3.05) is 18.5 Å². The van der Waals surface area contributed by atoms with Crippen LogP contribution < -0.4 is 10.1 Å². The molecular formula is C28H29ClN4O6. The van der Waals surface area contributed by atoms with Crippen molar-refractivity contribution in [3.8, 4) is 5.75 Å². The molecule has 1 aromatic heterocycles. The number of para-hydroxylation sites is 2. The molecule has 0 radical (unpaired) electrons. The molecule has 0 saturated heterocycles. The minimum atomic E-state index is -1.55. The van der Waals surface area contributed by atoms with Gasteiger partial charge in [0, 0.05) is 6.92 Å². The van der Waals surface area contributed by atoms with Crippen molar-refractivity contribution in [2.45, 2.75) is 26.8 Å². The SMILES string of the molecule is CC(=O)Oc1ccccc1.Cc1ccc(Cl)c(NC(=O)C(C(=O)C(C)(CO)CO)n2nnc3ccccc32)c1. The maximum atomic E-state index is 13.3. The molecule has 0 saturated carbocycles. The van der Waals surface area contributed by atoms with Crippen molar-refractivity contribution in [3.63, 3.8) is 0 Å². The van der Waals surface area contributed by atoms with Gasteiger partial charge in [0.1, 0.15) is 11.3 Å². The molecule has 3 N–H and O–H groups in total. The third kappa shape index (κ3) is 7.26. The number of nitrogens with one attached hydrogen (secondary N) is 1. The fourth-order valence-corrected chi connectivity index (χ4v) is 3.71. The summed E-state index contributed by atoms with van der Waals surface area (Å²) in [5.41, 5.74) is 0.629. The van der Waals surface area contributed by atoms with Crippen LogP contribution in [0, 0.1) is 12.3 Å². The van der Waals surface area contributed by atoms with Crippen LogP contribution in [-0.4, -0.2) is 56.1 Å². The van der Waals surface area contributed by atoms with Crippen LogP contribution in [-0.2, 0) is 14.4 Å². The van der Waals surface area contributed by atoms with Crippen molar-refractivity contribution in [1.82, 2.24) is 15.0 Å². The minimum Gasteiger partial charge on any atom is -0.427 e. The summed E-state index contributed by atoms with van der Waals surface area (Å²) in [5, 5.41) is 30.3. The summed E-state index contributed by atoms with van der Waals surface area (Å²) >= 11 is 6.17. The Kier molecular flexibility index (Phi) is 9.89. The van der Waals surface area contributed by atoms with E-state index in [0.717, 1.165) is 5.56 Å². The number of rotatable bonds is 8. The minimum absolute atomic E-state index is 0.286. The van der Waals surface area contributed by atoms with E-state index in [2.05, 4.69) is 15.6 Å². The number of carbonyl (C=O) groups excluding carboxylic acids is 3. The zero-order valence-electron chi connectivity index (χ0n) is 21.7. The van der Waals surface area contributed by atoms with Crippen LogP contribution in [0.4, 0.5) is 5.69 Å². The van der Waals surface area contributed by atoms with Crippen LogP contribution in [0.5, 0.6) is 5.75 Å². The molecule has 1 atom stereocenters. The van der Waals surface area contributed by atoms with Crippen LogP contribution in [0.15, 0.2) is 72.8 Å². The second kappa shape index (κ2) is 13.1. The van der Waals surface area contributed by atoms with Crippen LogP contribution in [0.3, 0.4) is 0 Å². The first-order valence-electron chi connectivity index (χ1n) is 12.0. The molecule has 39 heavy (non-hydrogen) atoms. The molecule has 4 rings (SSSR count). The normalized spacial score (nSPS) is 11.7. The molecule has 1 amide bonds. The molecule has 1 heterocycles. The Hall–Kier alpha value is -4.12. The quantitative estimate of drug-likeness (QED) is 0.170. The van der Waals surface area contributed by atoms with Gasteiger partial charge in [0.2, 0.25) is 0 Å². The number of esters is 1. The number of carbonyl (C=O) groups is 3. The predicted molar refractivity (Wildman–Crippen MR) is 146 cm³/mol. The van der Waals surface area contributed by atoms with Crippen molar-refractivity contribution >= 4 is 46.0 Å². The lowest BCUT2D eigenvalue weighted by Gasteiger charge is -2.28. The fourth-order valence-electron chi connectivity index (χ4n) is 3.55. The highest BCUT2D eigenvalue weighted by Gasteiger charge is 2.43. The van der Waals surface area contributed by atoms with Gasteiger partial charge in [-0.05, 0) is 55.8 Å². The van der Waals surface area contributed by atoms with Gasteiger partial charge < -0.3 is 20.3 Å². The zero-order valence-corrected chi connectivity index (χ0v) is 22.4. The maximum absolute atomic E-state index is 13.3. The van der Waals surface area contributed by atoms with E-state index in [1.54, 1.807) is 54.6 Å². The summed E-state index contributed by atoms with van der Waals surface area (Å²) in [7, 11) is 0. The summed E-state index contributed by atoms with van der Waals surface area (Å²) in [6.45, 7) is 3.34. The van der Waals surface area contributed by atoms with E-state index in [0.29, 0.717) is 27.5 Å². The molecule has 204 valence electrons. The number of aliphatic hydroxyl groups excluding tert-OH is 2. The number of ether oxygens (including phenoxy) is 1. The highest BCUT2D eigenvalue weighted by atomic mass is 35.5. The van der Waals surface area contributed by atoms with Crippen molar-refractivity contribution in [1.29, 1.82) is 0 Å². The van der Waals surface area contributed by atoms with Gasteiger partial charge in [-0.3, -0.25) is 14.4 Å². The monoisotopic (exact) mass is 552 g/mol. The highest BCUT2D eigenvalue weighted by molar-refractivity contribution is 6.34. The number of hydrogen-bond donors (Lipinski definition) is 3. The Morgan fingerprint density at radius 1 is 1.03 bits per heavy atom. The summed E-state index contributed by atoms with van der Waals surface area (Å²) in [6.07, 6.45) is 0. The molecule has 0 aliphatic rings. The third-order valence-electron chi connectivity index (χ3n) is 5.80. The second-order valence-corrected chi connectivity index (χ2v) is 9.45. The van der Waals surface area contributed by atoms with E-state index in [4.69, 9.17) is 16.3 Å². The lowest BCUT2D eigenvalue weighted by molar-refractivity contribution is -0.140. The van der Waals surface area contributed by atoms with Crippen LogP contribution >= 0.6 is 11.6 Å². The average Bonchev–Trinajstić information content (AvgIpc) is 3.34. The first-order valence-corrected chi connectivity index (χ1v) is 12.3. The smallest absolute Gasteiger partial charge is 0.308 e. The lowest BCUT2D eigenvalue weighted by Crippen LogP contribution is -2.45. The van der Waals surface area contributed by atoms with E-state index in [1.807, 2.05) is 25.1 Å². The number of Topliss-reactive ketones (excluding diaryl/α,β-unsaturated/α-hetero) is 1. The molecule has 11 heteroatoms. The summed E-state index contributed by atoms with van der Waals surface area (Å²) < 4.78 is 5.97. The Bertz CT molecular complexity index is 1450. The molecule has 0 spiro atoms. The number of aryl methyl sites for hydroxylation is 1. The van der Waals surface area contributed by atoms with Crippen molar-refractivity contribution < 1.29 is 29.3 Å². The van der Waals surface area contributed by atoms with Crippen LogP contribution in [0.2, 0.25) is 5.02 Å². The van der Waals surface area contributed by atoms with Crippen LogP contribution in [0.1, 0.15) is 25.5 Å². The maximum Gasteiger partial charge on any atom is 0.308 e. The van der Waals surface area contributed by atoms with Crippen molar-refractivity contribution in [3.05, 3.63) is 83.4 Å². The van der Waals surface area contributed by atoms with Gasteiger partial charge in [0.25, 0.3) is 5.91 Å². The average molecular weight is 553 g/mol. The first-order chi connectivity index (χ1) is 18.6. The number of nitrogens with zero attached hydrogens (tertiary/aromatic N) is 3. The van der Waals surface area contributed by atoms with E-state index >= 15 is 0 Å². The number of halogens is 1. The molecular weight excluding hydrogens is 524 g/mol. The van der Waals surface area contributed by atoms with Crippen LogP contribution in [0.25, 0.3) is 11.0 Å². The molecule has 0 fully saturated rings. The molecule has 0 aliphatic heterocycles. The topological polar surface area (TPSA) is 144 Å². The second-order valence-electron chi connectivity index (χ2n) is 9.05. The van der Waals surface area contributed by atoms with E-state index in [-0.39, 0.29) is 5.97 Å². The largest absolute Gasteiger partial charge is 0.427 e. The van der Waals surface area contributed by atoms with E-state index in [9.17, 15) is 24.6 Å². The number of benzene rings is 3. The Balaban J connectivity index is 0.000000353. The number of hydrogen-bond acceptors (Lipinski definition) is 8. The molecule has 4 aromatic rings. The van der Waals surface area contributed by atoms with Gasteiger partial charge in [-0.15, -0.1) is 5.10 Å². The van der Waals surface area contributed by atoms with Crippen molar-refractivity contribution in [2.24, 2.45) is 5.41 Å².